The number of ether oxygens (including phenoxy) is 2. The van der Waals surface area contributed by atoms with Crippen molar-refractivity contribution >= 4 is 11.9 Å². The van der Waals surface area contributed by atoms with Gasteiger partial charge >= 0.3 is 6.01 Å². The zero-order valence-electron chi connectivity index (χ0n) is 14.9. The third kappa shape index (κ3) is 5.13. The first kappa shape index (κ1) is 18.1. The van der Waals surface area contributed by atoms with Crippen LogP contribution in [0.15, 0.2) is 30.3 Å². The minimum Gasteiger partial charge on any atom is -0.467 e. The van der Waals surface area contributed by atoms with Crippen LogP contribution >= 0.6 is 0 Å². The molecule has 2 heterocycles. The Bertz CT molecular complexity index is 720. The van der Waals surface area contributed by atoms with Gasteiger partial charge in [0.05, 0.1) is 26.9 Å². The zero-order valence-corrected chi connectivity index (χ0v) is 14.9. The normalized spacial score (nSPS) is 14.1. The van der Waals surface area contributed by atoms with Crippen molar-refractivity contribution in [2.45, 2.75) is 19.4 Å². The summed E-state index contributed by atoms with van der Waals surface area (Å²) in [5.41, 5.74) is 1.14. The predicted octanol–water partition coefficient (Wildman–Crippen LogP) is 0.966. The fraction of sp³-hybridized carbons (Fsp3) is 0.444. The maximum atomic E-state index is 12.1. The molecule has 1 aliphatic rings. The van der Waals surface area contributed by atoms with E-state index in [-0.39, 0.29) is 18.5 Å². The minimum atomic E-state index is -0.0406. The lowest BCUT2D eigenvalue weighted by Gasteiger charge is -2.26. The van der Waals surface area contributed by atoms with Crippen molar-refractivity contribution in [2.24, 2.45) is 0 Å². The van der Waals surface area contributed by atoms with Gasteiger partial charge in [0.15, 0.2) is 5.82 Å². The first-order valence-corrected chi connectivity index (χ1v) is 8.67. The maximum Gasteiger partial charge on any atom is 0.321 e. The number of aryl methyl sites for hydroxylation is 1. The van der Waals surface area contributed by atoms with E-state index in [9.17, 15) is 4.79 Å². The number of anilines is 1. The van der Waals surface area contributed by atoms with Crippen LogP contribution in [0.4, 0.5) is 5.95 Å². The molecule has 0 unspecified atom stereocenters. The zero-order chi connectivity index (χ0) is 18.2. The Morgan fingerprint density at radius 3 is 2.69 bits per heavy atom. The Balaban J connectivity index is 1.57. The van der Waals surface area contributed by atoms with E-state index in [2.05, 4.69) is 20.3 Å². The van der Waals surface area contributed by atoms with E-state index in [4.69, 9.17) is 9.47 Å². The topological polar surface area (TPSA) is 89.5 Å². The number of amides is 1. The Labute approximate surface area is 152 Å². The number of nitrogens with zero attached hydrogens (tertiary/aromatic N) is 4. The molecule has 0 radical (unpaired) electrons. The molecule has 1 fully saturated rings. The summed E-state index contributed by atoms with van der Waals surface area (Å²) in [6.45, 7) is 2.95. The Morgan fingerprint density at radius 2 is 1.96 bits per heavy atom. The van der Waals surface area contributed by atoms with E-state index in [1.54, 1.807) is 0 Å². The summed E-state index contributed by atoms with van der Waals surface area (Å²) in [7, 11) is 1.51. The number of rotatable bonds is 7. The van der Waals surface area contributed by atoms with Gasteiger partial charge in [-0.3, -0.25) is 4.79 Å². The number of benzene rings is 1. The molecule has 0 atom stereocenters. The molecule has 1 aromatic carbocycles. The van der Waals surface area contributed by atoms with Crippen LogP contribution in [-0.2, 0) is 22.5 Å². The number of aromatic nitrogens is 3. The lowest BCUT2D eigenvalue weighted by atomic mass is 10.1. The highest BCUT2D eigenvalue weighted by atomic mass is 16.5. The second-order valence-corrected chi connectivity index (χ2v) is 5.90. The second kappa shape index (κ2) is 9.10. The van der Waals surface area contributed by atoms with Crippen molar-refractivity contribution in [3.63, 3.8) is 0 Å². The third-order valence-electron chi connectivity index (χ3n) is 4.05. The van der Waals surface area contributed by atoms with E-state index in [1.165, 1.54) is 7.11 Å². The summed E-state index contributed by atoms with van der Waals surface area (Å²) in [6, 6.07) is 10.2. The highest BCUT2D eigenvalue weighted by Gasteiger charge is 2.17. The maximum absolute atomic E-state index is 12.1. The van der Waals surface area contributed by atoms with Crippen molar-refractivity contribution in [3.8, 4) is 6.01 Å². The highest BCUT2D eigenvalue weighted by Crippen LogP contribution is 2.13. The summed E-state index contributed by atoms with van der Waals surface area (Å²) in [6.07, 6.45) is 1.12. The number of hydrogen-bond donors (Lipinski definition) is 1. The van der Waals surface area contributed by atoms with Gasteiger partial charge in [0.1, 0.15) is 0 Å². The average Bonchev–Trinajstić information content (AvgIpc) is 2.72. The van der Waals surface area contributed by atoms with E-state index < -0.39 is 0 Å². The molecule has 1 saturated heterocycles. The van der Waals surface area contributed by atoms with Crippen molar-refractivity contribution in [3.05, 3.63) is 41.7 Å². The third-order valence-corrected chi connectivity index (χ3v) is 4.05. The largest absolute Gasteiger partial charge is 0.467 e. The second-order valence-electron chi connectivity index (χ2n) is 5.90. The van der Waals surface area contributed by atoms with Crippen LogP contribution in [0.25, 0.3) is 0 Å². The Morgan fingerprint density at radius 1 is 1.19 bits per heavy atom. The predicted molar refractivity (Wildman–Crippen MR) is 96.0 cm³/mol. The van der Waals surface area contributed by atoms with Crippen molar-refractivity contribution in [1.82, 2.24) is 20.3 Å². The van der Waals surface area contributed by atoms with Gasteiger partial charge in [-0.2, -0.15) is 15.0 Å². The van der Waals surface area contributed by atoms with Gasteiger partial charge < -0.3 is 19.7 Å². The number of morpholine rings is 1. The molecule has 1 aromatic heterocycles. The van der Waals surface area contributed by atoms with Gasteiger partial charge in [0.2, 0.25) is 11.9 Å². The van der Waals surface area contributed by atoms with Crippen LogP contribution in [0, 0.1) is 0 Å². The monoisotopic (exact) mass is 357 g/mol. The molecule has 8 nitrogen and oxygen atoms in total. The smallest absolute Gasteiger partial charge is 0.321 e. The van der Waals surface area contributed by atoms with E-state index in [1.807, 2.05) is 35.2 Å². The number of hydrogen-bond acceptors (Lipinski definition) is 7. The highest BCUT2D eigenvalue weighted by molar-refractivity contribution is 5.76. The number of nitrogens with one attached hydrogen (secondary N) is 1. The van der Waals surface area contributed by atoms with Crippen molar-refractivity contribution < 1.29 is 14.3 Å². The SMILES string of the molecule is COc1nc(CNC(=O)CCc2ccccc2)nc(N2CCOCC2)n1. The molecule has 1 N–H and O–H groups in total. The van der Waals surface area contributed by atoms with Gasteiger partial charge in [-0.25, -0.2) is 0 Å². The van der Waals surface area contributed by atoms with Gasteiger partial charge in [0.25, 0.3) is 0 Å². The van der Waals surface area contributed by atoms with Crippen LogP contribution in [0.3, 0.4) is 0 Å². The summed E-state index contributed by atoms with van der Waals surface area (Å²) in [5, 5.41) is 2.86. The summed E-state index contributed by atoms with van der Waals surface area (Å²) in [4.78, 5) is 27.1. The fourth-order valence-electron chi connectivity index (χ4n) is 2.63. The molecule has 2 aromatic rings. The fourth-order valence-corrected chi connectivity index (χ4v) is 2.63. The van der Waals surface area contributed by atoms with Gasteiger partial charge in [-0.15, -0.1) is 0 Å². The number of carbonyl (C=O) groups is 1. The van der Waals surface area contributed by atoms with Crippen LogP contribution in [-0.4, -0.2) is 54.3 Å². The molecular formula is C18H23N5O3. The molecule has 0 spiro atoms. The van der Waals surface area contributed by atoms with Crippen LogP contribution in [0.2, 0.25) is 0 Å². The summed E-state index contributed by atoms with van der Waals surface area (Å²) in [5.74, 6) is 0.987. The van der Waals surface area contributed by atoms with Gasteiger partial charge in [-0.05, 0) is 12.0 Å². The number of carbonyl (C=O) groups excluding carboxylic acids is 1. The Hall–Kier alpha value is -2.74. The van der Waals surface area contributed by atoms with Crippen LogP contribution in [0.5, 0.6) is 6.01 Å². The minimum absolute atomic E-state index is 0.0406. The van der Waals surface area contributed by atoms with E-state index in [0.717, 1.165) is 18.7 Å². The first-order chi connectivity index (χ1) is 12.7. The van der Waals surface area contributed by atoms with Gasteiger partial charge in [-0.1, -0.05) is 30.3 Å². The molecule has 3 rings (SSSR count). The van der Waals surface area contributed by atoms with Crippen LogP contribution in [0.1, 0.15) is 17.8 Å². The van der Waals surface area contributed by atoms with Crippen molar-refractivity contribution in [2.75, 3.05) is 38.3 Å². The lowest BCUT2D eigenvalue weighted by Crippen LogP contribution is -2.37. The summed E-state index contributed by atoms with van der Waals surface area (Å²) < 4.78 is 10.5. The molecule has 0 aliphatic carbocycles. The molecule has 0 saturated carbocycles. The molecule has 26 heavy (non-hydrogen) atoms. The molecule has 1 amide bonds. The first-order valence-electron chi connectivity index (χ1n) is 8.67. The van der Waals surface area contributed by atoms with Crippen molar-refractivity contribution in [1.29, 1.82) is 0 Å². The molecule has 0 bridgehead atoms. The average molecular weight is 357 g/mol. The number of methoxy groups -OCH3 is 1. The Kier molecular flexibility index (Phi) is 6.32. The van der Waals surface area contributed by atoms with Crippen LogP contribution < -0.4 is 15.0 Å². The van der Waals surface area contributed by atoms with Gasteiger partial charge in [0, 0.05) is 19.5 Å². The van der Waals surface area contributed by atoms with E-state index >= 15 is 0 Å². The molecule has 1 aliphatic heterocycles. The molecule has 8 heteroatoms. The standard InChI is InChI=1S/C18H23N5O3/c1-25-18-21-15(20-17(22-18)23-9-11-26-12-10-23)13-19-16(24)8-7-14-5-3-2-4-6-14/h2-6H,7-13H2,1H3,(H,19,24). The van der Waals surface area contributed by atoms with E-state index in [0.29, 0.717) is 37.8 Å². The quantitative estimate of drug-likeness (QED) is 0.789. The molecular weight excluding hydrogens is 334 g/mol. The lowest BCUT2D eigenvalue weighted by molar-refractivity contribution is -0.121. The molecule has 138 valence electrons. The summed E-state index contributed by atoms with van der Waals surface area (Å²) >= 11 is 0.